The molecule has 3 N–H and O–H groups in total. The topological polar surface area (TPSA) is 58.4 Å². The lowest BCUT2D eigenvalue weighted by atomic mass is 10.1. The highest BCUT2D eigenvalue weighted by molar-refractivity contribution is 5.76. The number of carbonyl (C=O) groups is 1. The summed E-state index contributed by atoms with van der Waals surface area (Å²) in [6, 6.07) is 0.0621. The molecule has 0 unspecified atom stereocenters. The molecule has 76 valence electrons. The van der Waals surface area contributed by atoms with Crippen LogP contribution in [0.1, 0.15) is 19.3 Å². The minimum absolute atomic E-state index is 0.0621. The fourth-order valence-electron chi connectivity index (χ4n) is 1.66. The van der Waals surface area contributed by atoms with Crippen LogP contribution in [0.4, 0.5) is 0 Å². The van der Waals surface area contributed by atoms with Gasteiger partial charge in [0.05, 0.1) is 0 Å². The van der Waals surface area contributed by atoms with Crippen molar-refractivity contribution in [2.24, 2.45) is 5.73 Å². The minimum atomic E-state index is 0.0621. The van der Waals surface area contributed by atoms with Crippen LogP contribution in [0.15, 0.2) is 0 Å². The molecule has 1 heterocycles. The predicted molar refractivity (Wildman–Crippen MR) is 52.3 cm³/mol. The molecular formula is C9H19N3O. The molecule has 0 spiro atoms. The van der Waals surface area contributed by atoms with Gasteiger partial charge in [-0.3, -0.25) is 4.79 Å². The van der Waals surface area contributed by atoms with E-state index in [1.807, 2.05) is 11.9 Å². The molecule has 0 radical (unpaired) electrons. The van der Waals surface area contributed by atoms with Crippen LogP contribution >= 0.6 is 0 Å². The largest absolute Gasteiger partial charge is 0.341 e. The van der Waals surface area contributed by atoms with E-state index in [4.69, 9.17) is 5.73 Å². The number of nitrogens with two attached hydrogens (primary N) is 1. The van der Waals surface area contributed by atoms with Crippen LogP contribution in [0.25, 0.3) is 0 Å². The summed E-state index contributed by atoms with van der Waals surface area (Å²) in [5.41, 5.74) is 5.82. The van der Waals surface area contributed by atoms with Crippen molar-refractivity contribution in [2.45, 2.75) is 25.3 Å². The van der Waals surface area contributed by atoms with Gasteiger partial charge in [-0.15, -0.1) is 0 Å². The molecule has 13 heavy (non-hydrogen) atoms. The first-order valence-electron chi connectivity index (χ1n) is 4.92. The molecule has 0 saturated carbocycles. The van der Waals surface area contributed by atoms with Gasteiger partial charge in [0.15, 0.2) is 0 Å². The summed E-state index contributed by atoms with van der Waals surface area (Å²) in [5.74, 6) is 0.262. The summed E-state index contributed by atoms with van der Waals surface area (Å²) in [6.07, 6.45) is 2.86. The van der Waals surface area contributed by atoms with Crippen LogP contribution in [0.5, 0.6) is 0 Å². The molecule has 1 aliphatic heterocycles. The summed E-state index contributed by atoms with van der Waals surface area (Å²) in [4.78, 5) is 13.3. The molecule has 4 nitrogen and oxygen atoms in total. The molecule has 1 rings (SSSR count). The van der Waals surface area contributed by atoms with E-state index in [0.29, 0.717) is 13.0 Å². The molecule has 0 aliphatic carbocycles. The summed E-state index contributed by atoms with van der Waals surface area (Å²) in [5, 5.41) is 3.01. The Balaban J connectivity index is 2.29. The number of rotatable bonds is 4. The third-order valence-corrected chi connectivity index (χ3v) is 2.34. The molecule has 1 fully saturated rings. The molecular weight excluding hydrogens is 166 g/mol. The first-order valence-corrected chi connectivity index (χ1v) is 4.92. The lowest BCUT2D eigenvalue weighted by molar-refractivity contribution is -0.133. The smallest absolute Gasteiger partial charge is 0.222 e. The first kappa shape index (κ1) is 10.5. The summed E-state index contributed by atoms with van der Waals surface area (Å²) >= 11 is 0. The normalized spacial score (nSPS) is 20.5. The van der Waals surface area contributed by atoms with E-state index in [0.717, 1.165) is 25.9 Å². The number of hydrogen-bond acceptors (Lipinski definition) is 3. The number of nitrogens with zero attached hydrogens (tertiary/aromatic N) is 1. The van der Waals surface area contributed by atoms with Gasteiger partial charge < -0.3 is 16.0 Å². The number of hydrogen-bond donors (Lipinski definition) is 2. The molecule has 1 saturated heterocycles. The van der Waals surface area contributed by atoms with Crippen molar-refractivity contribution in [3.8, 4) is 0 Å². The van der Waals surface area contributed by atoms with E-state index < -0.39 is 0 Å². The van der Waals surface area contributed by atoms with Gasteiger partial charge in [0.2, 0.25) is 5.91 Å². The van der Waals surface area contributed by atoms with Crippen molar-refractivity contribution >= 4 is 5.91 Å². The van der Waals surface area contributed by atoms with Crippen LogP contribution in [0.2, 0.25) is 0 Å². The van der Waals surface area contributed by atoms with Crippen LogP contribution in [0, 0.1) is 0 Å². The Bertz CT molecular complexity index is 172. The van der Waals surface area contributed by atoms with Crippen molar-refractivity contribution < 1.29 is 4.79 Å². The fourth-order valence-corrected chi connectivity index (χ4v) is 1.66. The SMILES string of the molecule is CNC[C@@H](N)CN1CCCCC1=O. The number of amides is 1. The van der Waals surface area contributed by atoms with Crippen LogP contribution in [0.3, 0.4) is 0 Å². The maximum atomic E-state index is 11.4. The zero-order chi connectivity index (χ0) is 9.68. The van der Waals surface area contributed by atoms with Crippen molar-refractivity contribution in [1.82, 2.24) is 10.2 Å². The maximum absolute atomic E-state index is 11.4. The Morgan fingerprint density at radius 1 is 1.62 bits per heavy atom. The Kier molecular flexibility index (Phi) is 4.18. The Morgan fingerprint density at radius 3 is 3.00 bits per heavy atom. The highest BCUT2D eigenvalue weighted by Crippen LogP contribution is 2.09. The highest BCUT2D eigenvalue weighted by atomic mass is 16.2. The van der Waals surface area contributed by atoms with Crippen LogP contribution in [-0.2, 0) is 4.79 Å². The summed E-state index contributed by atoms with van der Waals surface area (Å²) < 4.78 is 0. The zero-order valence-electron chi connectivity index (χ0n) is 8.25. The minimum Gasteiger partial charge on any atom is -0.341 e. The third kappa shape index (κ3) is 3.32. The highest BCUT2D eigenvalue weighted by Gasteiger charge is 2.19. The first-order chi connectivity index (χ1) is 6.24. The van der Waals surface area contributed by atoms with E-state index in [2.05, 4.69) is 5.32 Å². The van der Waals surface area contributed by atoms with Crippen LogP contribution < -0.4 is 11.1 Å². The molecule has 1 atom stereocenters. The van der Waals surface area contributed by atoms with E-state index in [1.54, 1.807) is 0 Å². The second-order valence-electron chi connectivity index (χ2n) is 3.61. The Hall–Kier alpha value is -0.610. The molecule has 0 aromatic rings. The Morgan fingerprint density at radius 2 is 2.38 bits per heavy atom. The van der Waals surface area contributed by atoms with Crippen molar-refractivity contribution in [3.05, 3.63) is 0 Å². The average Bonchev–Trinajstić information content (AvgIpc) is 2.09. The fraction of sp³-hybridized carbons (Fsp3) is 0.889. The predicted octanol–water partition coefficient (Wildman–Crippen LogP) is -0.454. The molecule has 4 heteroatoms. The van der Waals surface area contributed by atoms with Gasteiger partial charge in [-0.25, -0.2) is 0 Å². The molecule has 0 aromatic carbocycles. The zero-order valence-corrected chi connectivity index (χ0v) is 8.25. The van der Waals surface area contributed by atoms with E-state index in [9.17, 15) is 4.79 Å². The molecule has 1 aliphatic rings. The van der Waals surface area contributed by atoms with E-state index >= 15 is 0 Å². The number of carbonyl (C=O) groups excluding carboxylic acids is 1. The monoisotopic (exact) mass is 185 g/mol. The van der Waals surface area contributed by atoms with Crippen LogP contribution in [-0.4, -0.2) is 43.5 Å². The second kappa shape index (κ2) is 5.19. The van der Waals surface area contributed by atoms with Crippen molar-refractivity contribution in [2.75, 3.05) is 26.7 Å². The quantitative estimate of drug-likeness (QED) is 0.623. The summed E-state index contributed by atoms with van der Waals surface area (Å²) in [6.45, 7) is 2.35. The standard InChI is InChI=1S/C9H19N3O/c1-11-6-8(10)7-12-5-3-2-4-9(12)13/h8,11H,2-7,10H2,1H3/t8-/m1/s1. The number of likely N-dealkylation sites (N-methyl/N-ethyl adjacent to an activating group) is 1. The van der Waals surface area contributed by atoms with Gasteiger partial charge in [-0.1, -0.05) is 0 Å². The second-order valence-corrected chi connectivity index (χ2v) is 3.61. The van der Waals surface area contributed by atoms with Gasteiger partial charge >= 0.3 is 0 Å². The van der Waals surface area contributed by atoms with Gasteiger partial charge in [0.25, 0.3) is 0 Å². The van der Waals surface area contributed by atoms with Gasteiger partial charge in [-0.2, -0.15) is 0 Å². The molecule has 0 bridgehead atoms. The van der Waals surface area contributed by atoms with Gasteiger partial charge in [-0.05, 0) is 19.9 Å². The van der Waals surface area contributed by atoms with Gasteiger partial charge in [0.1, 0.15) is 0 Å². The van der Waals surface area contributed by atoms with E-state index in [-0.39, 0.29) is 11.9 Å². The average molecular weight is 185 g/mol. The molecule has 1 amide bonds. The lowest BCUT2D eigenvalue weighted by Gasteiger charge is -2.29. The van der Waals surface area contributed by atoms with E-state index in [1.165, 1.54) is 0 Å². The van der Waals surface area contributed by atoms with Crippen molar-refractivity contribution in [3.63, 3.8) is 0 Å². The summed E-state index contributed by atoms with van der Waals surface area (Å²) in [7, 11) is 1.87. The van der Waals surface area contributed by atoms with Gasteiger partial charge in [0, 0.05) is 32.1 Å². The maximum Gasteiger partial charge on any atom is 0.222 e. The third-order valence-electron chi connectivity index (χ3n) is 2.34. The Labute approximate surface area is 79.5 Å². The number of nitrogens with one attached hydrogen (secondary N) is 1. The molecule has 0 aromatic heterocycles. The lowest BCUT2D eigenvalue weighted by Crippen LogP contribution is -2.46. The number of likely N-dealkylation sites (tertiary alicyclic amines) is 1. The van der Waals surface area contributed by atoms with Crippen molar-refractivity contribution in [1.29, 1.82) is 0 Å². The number of piperidine rings is 1.